The van der Waals surface area contributed by atoms with Gasteiger partial charge in [-0.05, 0) is 69.0 Å². The smallest absolute Gasteiger partial charge is 0.00192 e. The Hall–Kier alpha value is -3.90. The molecule has 0 nitrogen and oxygen atoms in total. The topological polar surface area (TPSA) is 0 Å². The van der Waals surface area contributed by atoms with Gasteiger partial charge >= 0.3 is 0 Å². The van der Waals surface area contributed by atoms with Gasteiger partial charge in [0.2, 0.25) is 0 Å². The number of benzene rings is 5. The first-order valence-electron chi connectivity index (χ1n) is 11.7. The van der Waals surface area contributed by atoms with Crippen LogP contribution in [0.25, 0.3) is 33.4 Å². The van der Waals surface area contributed by atoms with E-state index in [2.05, 4.69) is 134 Å². The standard InChI is InChI=1S/C33H28/c1-2-25-18-19-30(33(23-25)29-16-10-5-11-17-29)20-26-21-31(27-12-6-3-7-13-27)24-32(22-26)28-14-8-4-9-15-28/h3-19,21-24H,2,20H2,1H3. The normalized spacial score (nSPS) is 10.8. The zero-order valence-electron chi connectivity index (χ0n) is 19.0. The van der Waals surface area contributed by atoms with Crippen LogP contribution in [-0.4, -0.2) is 0 Å². The summed E-state index contributed by atoms with van der Waals surface area (Å²) in [5.41, 5.74) is 11.7. The number of aryl methyl sites for hydroxylation is 1. The molecular formula is C33H28. The monoisotopic (exact) mass is 424 g/mol. The molecular weight excluding hydrogens is 396 g/mol. The molecule has 160 valence electrons. The zero-order valence-corrected chi connectivity index (χ0v) is 19.0. The van der Waals surface area contributed by atoms with E-state index in [1.807, 2.05) is 0 Å². The molecule has 0 saturated heterocycles. The highest BCUT2D eigenvalue weighted by Gasteiger charge is 2.10. The van der Waals surface area contributed by atoms with Crippen molar-refractivity contribution in [3.8, 4) is 33.4 Å². The van der Waals surface area contributed by atoms with Crippen molar-refractivity contribution in [2.45, 2.75) is 19.8 Å². The predicted octanol–water partition coefficient (Wildman–Crippen LogP) is 8.84. The summed E-state index contributed by atoms with van der Waals surface area (Å²) in [5.74, 6) is 0. The van der Waals surface area contributed by atoms with Crippen LogP contribution in [-0.2, 0) is 12.8 Å². The lowest BCUT2D eigenvalue weighted by Gasteiger charge is -2.15. The quantitative estimate of drug-likeness (QED) is 0.255. The third kappa shape index (κ3) is 4.81. The second-order valence-electron chi connectivity index (χ2n) is 8.54. The molecule has 0 unspecified atom stereocenters. The van der Waals surface area contributed by atoms with Crippen LogP contribution in [0.3, 0.4) is 0 Å². The van der Waals surface area contributed by atoms with E-state index in [-0.39, 0.29) is 0 Å². The van der Waals surface area contributed by atoms with E-state index >= 15 is 0 Å². The summed E-state index contributed by atoms with van der Waals surface area (Å²) in [4.78, 5) is 0. The molecule has 0 fully saturated rings. The maximum absolute atomic E-state index is 2.36. The second-order valence-corrected chi connectivity index (χ2v) is 8.54. The summed E-state index contributed by atoms with van der Waals surface area (Å²) in [6, 6.07) is 46.1. The van der Waals surface area contributed by atoms with Gasteiger partial charge < -0.3 is 0 Å². The van der Waals surface area contributed by atoms with Gasteiger partial charge in [-0.15, -0.1) is 0 Å². The van der Waals surface area contributed by atoms with Gasteiger partial charge in [-0.2, -0.15) is 0 Å². The summed E-state index contributed by atoms with van der Waals surface area (Å²) in [6.45, 7) is 2.22. The minimum absolute atomic E-state index is 0.898. The van der Waals surface area contributed by atoms with Crippen LogP contribution < -0.4 is 0 Å². The van der Waals surface area contributed by atoms with E-state index in [1.54, 1.807) is 0 Å². The SMILES string of the molecule is CCc1ccc(Cc2cc(-c3ccccc3)cc(-c3ccccc3)c2)c(-c2ccccc2)c1. The molecule has 0 aliphatic heterocycles. The molecule has 0 radical (unpaired) electrons. The highest BCUT2D eigenvalue weighted by Crippen LogP contribution is 2.32. The van der Waals surface area contributed by atoms with E-state index in [0.717, 1.165) is 12.8 Å². The third-order valence-corrected chi connectivity index (χ3v) is 6.27. The van der Waals surface area contributed by atoms with Crippen molar-refractivity contribution in [1.29, 1.82) is 0 Å². The first-order chi connectivity index (χ1) is 16.3. The van der Waals surface area contributed by atoms with E-state index in [0.29, 0.717) is 0 Å². The minimum Gasteiger partial charge on any atom is -0.0622 e. The molecule has 0 heterocycles. The molecule has 0 atom stereocenters. The van der Waals surface area contributed by atoms with Crippen LogP contribution in [0.1, 0.15) is 23.6 Å². The van der Waals surface area contributed by atoms with Crippen LogP contribution in [0.4, 0.5) is 0 Å². The number of hydrogen-bond donors (Lipinski definition) is 0. The van der Waals surface area contributed by atoms with E-state index in [1.165, 1.54) is 50.1 Å². The highest BCUT2D eigenvalue weighted by molar-refractivity contribution is 5.75. The summed E-state index contributed by atoms with van der Waals surface area (Å²) in [6.07, 6.45) is 1.94. The van der Waals surface area contributed by atoms with E-state index < -0.39 is 0 Å². The molecule has 0 spiro atoms. The molecule has 0 saturated carbocycles. The molecule has 0 bridgehead atoms. The second kappa shape index (κ2) is 9.71. The minimum atomic E-state index is 0.898. The van der Waals surface area contributed by atoms with Crippen molar-refractivity contribution in [2.24, 2.45) is 0 Å². The zero-order chi connectivity index (χ0) is 22.5. The predicted molar refractivity (Wildman–Crippen MR) is 141 cm³/mol. The van der Waals surface area contributed by atoms with E-state index in [4.69, 9.17) is 0 Å². The van der Waals surface area contributed by atoms with Gasteiger partial charge in [0.15, 0.2) is 0 Å². The fourth-order valence-electron chi connectivity index (χ4n) is 4.49. The average molecular weight is 425 g/mol. The van der Waals surface area contributed by atoms with Gasteiger partial charge in [0.25, 0.3) is 0 Å². The number of hydrogen-bond acceptors (Lipinski definition) is 0. The Kier molecular flexibility index (Phi) is 6.17. The van der Waals surface area contributed by atoms with Crippen molar-refractivity contribution >= 4 is 0 Å². The molecule has 5 rings (SSSR count). The van der Waals surface area contributed by atoms with Gasteiger partial charge in [0.1, 0.15) is 0 Å². The molecule has 0 aliphatic rings. The van der Waals surface area contributed by atoms with Crippen LogP contribution in [0, 0.1) is 0 Å². The largest absolute Gasteiger partial charge is 0.0622 e. The van der Waals surface area contributed by atoms with Gasteiger partial charge in [0, 0.05) is 0 Å². The molecule has 33 heavy (non-hydrogen) atoms. The molecule has 0 aliphatic carbocycles. The Balaban J connectivity index is 1.62. The van der Waals surface area contributed by atoms with Crippen molar-refractivity contribution in [1.82, 2.24) is 0 Å². The Morgan fingerprint density at radius 3 is 1.45 bits per heavy atom. The Morgan fingerprint density at radius 2 is 0.939 bits per heavy atom. The molecule has 0 aromatic heterocycles. The molecule has 0 heteroatoms. The summed E-state index contributed by atoms with van der Waals surface area (Å²) in [5, 5.41) is 0. The van der Waals surface area contributed by atoms with Gasteiger partial charge in [-0.3, -0.25) is 0 Å². The Morgan fingerprint density at radius 1 is 0.424 bits per heavy atom. The molecule has 5 aromatic carbocycles. The molecule has 0 N–H and O–H groups in total. The highest BCUT2D eigenvalue weighted by atomic mass is 14.1. The van der Waals surface area contributed by atoms with Gasteiger partial charge in [0.05, 0.1) is 0 Å². The third-order valence-electron chi connectivity index (χ3n) is 6.27. The van der Waals surface area contributed by atoms with Crippen molar-refractivity contribution < 1.29 is 0 Å². The summed E-state index contributed by atoms with van der Waals surface area (Å²) in [7, 11) is 0. The van der Waals surface area contributed by atoms with Crippen LogP contribution in [0.5, 0.6) is 0 Å². The fraction of sp³-hybridized carbons (Fsp3) is 0.0909. The number of rotatable bonds is 6. The lowest BCUT2D eigenvalue weighted by molar-refractivity contribution is 1.12. The first-order valence-corrected chi connectivity index (χ1v) is 11.7. The van der Waals surface area contributed by atoms with Crippen LogP contribution >= 0.6 is 0 Å². The van der Waals surface area contributed by atoms with Crippen molar-refractivity contribution in [3.05, 3.63) is 144 Å². The average Bonchev–Trinajstić information content (AvgIpc) is 2.90. The lowest BCUT2D eigenvalue weighted by Crippen LogP contribution is -1.96. The lowest BCUT2D eigenvalue weighted by atomic mass is 9.90. The molecule has 5 aromatic rings. The van der Waals surface area contributed by atoms with Gasteiger partial charge in [-0.25, -0.2) is 0 Å². The Labute approximate surface area is 197 Å². The summed E-state index contributed by atoms with van der Waals surface area (Å²) < 4.78 is 0. The fourth-order valence-corrected chi connectivity index (χ4v) is 4.49. The maximum atomic E-state index is 2.36. The van der Waals surface area contributed by atoms with E-state index in [9.17, 15) is 0 Å². The molecule has 0 amide bonds. The first kappa shape index (κ1) is 21.0. The maximum Gasteiger partial charge on any atom is -0.00192 e. The summed E-state index contributed by atoms with van der Waals surface area (Å²) >= 11 is 0. The van der Waals surface area contributed by atoms with Gasteiger partial charge in [-0.1, -0.05) is 128 Å². The van der Waals surface area contributed by atoms with Crippen molar-refractivity contribution in [3.63, 3.8) is 0 Å². The van der Waals surface area contributed by atoms with Crippen molar-refractivity contribution in [2.75, 3.05) is 0 Å². The Bertz CT molecular complexity index is 1280. The van der Waals surface area contributed by atoms with Crippen LogP contribution in [0.15, 0.2) is 127 Å². The van der Waals surface area contributed by atoms with Crippen LogP contribution in [0.2, 0.25) is 0 Å².